The van der Waals surface area contributed by atoms with Crippen LogP contribution in [0.1, 0.15) is 32.1 Å². The van der Waals surface area contributed by atoms with E-state index < -0.39 is 12.6 Å². The molecule has 2 nitrogen and oxygen atoms in total. The number of aliphatic hydroxyl groups excluding tert-OH is 1. The van der Waals surface area contributed by atoms with Gasteiger partial charge in [0, 0.05) is 12.5 Å². The summed E-state index contributed by atoms with van der Waals surface area (Å²) in [6.45, 7) is 0.335. The van der Waals surface area contributed by atoms with Crippen molar-refractivity contribution in [1.29, 1.82) is 0 Å². The van der Waals surface area contributed by atoms with E-state index in [4.69, 9.17) is 0 Å². The van der Waals surface area contributed by atoms with Crippen molar-refractivity contribution in [1.82, 2.24) is 5.32 Å². The van der Waals surface area contributed by atoms with E-state index in [1.807, 2.05) is 0 Å². The lowest BCUT2D eigenvalue weighted by Crippen LogP contribution is -2.36. The average molecular weight is 211 g/mol. The predicted octanol–water partition coefficient (Wildman–Crippen LogP) is 1.83. The average Bonchev–Trinajstić information content (AvgIpc) is 2.44. The first-order valence-corrected chi connectivity index (χ1v) is 4.97. The van der Waals surface area contributed by atoms with Crippen molar-refractivity contribution < 1.29 is 18.3 Å². The fourth-order valence-electron chi connectivity index (χ4n) is 1.75. The molecule has 0 aromatic carbocycles. The monoisotopic (exact) mass is 211 g/mol. The molecule has 5 heteroatoms. The highest BCUT2D eigenvalue weighted by atomic mass is 19.4. The molecule has 0 heterocycles. The number of nitrogens with one attached hydrogen (secondary N) is 1. The summed E-state index contributed by atoms with van der Waals surface area (Å²) in [5.41, 5.74) is 0. The molecule has 14 heavy (non-hydrogen) atoms. The molecular formula is C9H16F3NO. The topological polar surface area (TPSA) is 32.3 Å². The highest BCUT2D eigenvalue weighted by molar-refractivity contribution is 4.82. The van der Waals surface area contributed by atoms with Crippen molar-refractivity contribution in [2.75, 3.05) is 6.54 Å². The first kappa shape index (κ1) is 11.8. The molecule has 1 aliphatic carbocycles. The van der Waals surface area contributed by atoms with Crippen LogP contribution in [-0.2, 0) is 0 Å². The lowest BCUT2D eigenvalue weighted by Gasteiger charge is -2.16. The maximum atomic E-state index is 11.8. The summed E-state index contributed by atoms with van der Waals surface area (Å²) in [6.07, 6.45) is -2.51. The van der Waals surface area contributed by atoms with E-state index in [1.165, 1.54) is 0 Å². The van der Waals surface area contributed by atoms with E-state index in [0.717, 1.165) is 19.3 Å². The van der Waals surface area contributed by atoms with Gasteiger partial charge in [-0.3, -0.25) is 0 Å². The Morgan fingerprint density at radius 3 is 2.50 bits per heavy atom. The van der Waals surface area contributed by atoms with Crippen LogP contribution in [0.4, 0.5) is 13.2 Å². The normalized spacial score (nSPS) is 28.3. The van der Waals surface area contributed by atoms with Crippen molar-refractivity contribution in [2.45, 2.75) is 50.4 Å². The van der Waals surface area contributed by atoms with Gasteiger partial charge in [-0.1, -0.05) is 0 Å². The molecule has 0 spiro atoms. The summed E-state index contributed by atoms with van der Waals surface area (Å²) in [4.78, 5) is 0. The Morgan fingerprint density at radius 2 is 2.00 bits per heavy atom. The summed E-state index contributed by atoms with van der Waals surface area (Å²) >= 11 is 0. The number of aliphatic hydroxyl groups is 1. The molecule has 0 saturated heterocycles. The summed E-state index contributed by atoms with van der Waals surface area (Å²) in [5.74, 6) is 0. The number of halogens is 3. The summed E-state index contributed by atoms with van der Waals surface area (Å²) < 4.78 is 35.3. The summed E-state index contributed by atoms with van der Waals surface area (Å²) in [6, 6.07) is 0.00299. The lowest BCUT2D eigenvalue weighted by atomic mass is 10.2. The van der Waals surface area contributed by atoms with Crippen LogP contribution in [0, 0.1) is 0 Å². The van der Waals surface area contributed by atoms with Gasteiger partial charge in [0.1, 0.15) is 0 Å². The first-order chi connectivity index (χ1) is 6.49. The van der Waals surface area contributed by atoms with Gasteiger partial charge in [-0.05, 0) is 32.2 Å². The van der Waals surface area contributed by atoms with Gasteiger partial charge in [0.2, 0.25) is 0 Å². The third-order valence-corrected chi connectivity index (χ3v) is 2.52. The molecule has 1 rings (SSSR count). The van der Waals surface area contributed by atoms with E-state index in [1.54, 1.807) is 0 Å². The number of hydrogen-bond donors (Lipinski definition) is 2. The zero-order valence-corrected chi connectivity index (χ0v) is 7.98. The maximum absolute atomic E-state index is 11.8. The molecular weight excluding hydrogens is 195 g/mol. The standard InChI is InChI=1S/C9H16F3NO/c10-9(11,12)5-2-6-13-7-3-1-4-8(7)14/h7-8,13-14H,1-6H2/t7-,8-/m0/s1. The van der Waals surface area contributed by atoms with Crippen molar-refractivity contribution in [3.8, 4) is 0 Å². The van der Waals surface area contributed by atoms with E-state index in [0.29, 0.717) is 6.54 Å². The molecule has 0 aromatic heterocycles. The van der Waals surface area contributed by atoms with Gasteiger partial charge in [0.05, 0.1) is 6.10 Å². The number of rotatable bonds is 4. The first-order valence-electron chi connectivity index (χ1n) is 4.97. The minimum atomic E-state index is -4.06. The van der Waals surface area contributed by atoms with Crippen LogP contribution >= 0.6 is 0 Å². The Kier molecular flexibility index (Phi) is 4.19. The third-order valence-electron chi connectivity index (χ3n) is 2.52. The largest absolute Gasteiger partial charge is 0.392 e. The predicted molar refractivity (Wildman–Crippen MR) is 46.9 cm³/mol. The molecule has 2 atom stereocenters. The Hall–Kier alpha value is -0.290. The molecule has 0 amide bonds. The summed E-state index contributed by atoms with van der Waals surface area (Å²) in [7, 11) is 0. The van der Waals surface area contributed by atoms with Crippen molar-refractivity contribution in [2.24, 2.45) is 0 Å². The molecule has 2 N–H and O–H groups in total. The SMILES string of the molecule is O[C@H]1CCC[C@@H]1NCCCC(F)(F)F. The van der Waals surface area contributed by atoms with Crippen LogP contribution in [0.5, 0.6) is 0 Å². The molecule has 0 aromatic rings. The second-order valence-electron chi connectivity index (χ2n) is 3.78. The minimum absolute atomic E-state index is 0.00299. The van der Waals surface area contributed by atoms with Gasteiger partial charge in [0.15, 0.2) is 0 Å². The van der Waals surface area contributed by atoms with Crippen molar-refractivity contribution >= 4 is 0 Å². The molecule has 0 unspecified atom stereocenters. The number of hydrogen-bond acceptors (Lipinski definition) is 2. The van der Waals surface area contributed by atoms with Gasteiger partial charge in [-0.25, -0.2) is 0 Å². The zero-order valence-electron chi connectivity index (χ0n) is 7.98. The van der Waals surface area contributed by atoms with Crippen LogP contribution in [0.25, 0.3) is 0 Å². The smallest absolute Gasteiger partial charge is 0.389 e. The fourth-order valence-corrected chi connectivity index (χ4v) is 1.75. The fraction of sp³-hybridized carbons (Fsp3) is 1.00. The van der Waals surface area contributed by atoms with E-state index in [-0.39, 0.29) is 18.6 Å². The summed E-state index contributed by atoms with van der Waals surface area (Å²) in [5, 5.41) is 12.3. The van der Waals surface area contributed by atoms with Gasteiger partial charge in [-0.15, -0.1) is 0 Å². The third kappa shape index (κ3) is 4.28. The van der Waals surface area contributed by atoms with Crippen molar-refractivity contribution in [3.05, 3.63) is 0 Å². The Labute approximate surface area is 81.5 Å². The molecule has 0 radical (unpaired) electrons. The second kappa shape index (κ2) is 4.98. The quantitative estimate of drug-likeness (QED) is 0.695. The van der Waals surface area contributed by atoms with Crippen LogP contribution in [0.2, 0.25) is 0 Å². The van der Waals surface area contributed by atoms with E-state index >= 15 is 0 Å². The molecule has 1 saturated carbocycles. The van der Waals surface area contributed by atoms with E-state index in [2.05, 4.69) is 5.32 Å². The molecule has 84 valence electrons. The maximum Gasteiger partial charge on any atom is 0.389 e. The van der Waals surface area contributed by atoms with Gasteiger partial charge >= 0.3 is 6.18 Å². The number of alkyl halides is 3. The highest BCUT2D eigenvalue weighted by Crippen LogP contribution is 2.22. The van der Waals surface area contributed by atoms with Gasteiger partial charge in [-0.2, -0.15) is 13.2 Å². The van der Waals surface area contributed by atoms with Crippen LogP contribution in [0.3, 0.4) is 0 Å². The Bertz CT molecular complexity index is 172. The zero-order chi connectivity index (χ0) is 10.6. The van der Waals surface area contributed by atoms with Crippen LogP contribution in [0.15, 0.2) is 0 Å². The van der Waals surface area contributed by atoms with Gasteiger partial charge < -0.3 is 10.4 Å². The lowest BCUT2D eigenvalue weighted by molar-refractivity contribution is -0.135. The van der Waals surface area contributed by atoms with Crippen molar-refractivity contribution in [3.63, 3.8) is 0 Å². The molecule has 1 aliphatic rings. The highest BCUT2D eigenvalue weighted by Gasteiger charge is 2.27. The Balaban J connectivity index is 2.04. The Morgan fingerprint density at radius 1 is 1.29 bits per heavy atom. The van der Waals surface area contributed by atoms with Crippen LogP contribution in [-0.4, -0.2) is 30.0 Å². The van der Waals surface area contributed by atoms with Gasteiger partial charge in [0.25, 0.3) is 0 Å². The molecule has 0 bridgehead atoms. The second-order valence-corrected chi connectivity index (χ2v) is 3.78. The minimum Gasteiger partial charge on any atom is -0.392 e. The molecule has 1 fully saturated rings. The molecule has 0 aliphatic heterocycles. The van der Waals surface area contributed by atoms with E-state index in [9.17, 15) is 18.3 Å². The van der Waals surface area contributed by atoms with Crippen LogP contribution < -0.4 is 5.32 Å².